The molecule has 0 unspecified atom stereocenters. The minimum absolute atomic E-state index is 0.269. The van der Waals surface area contributed by atoms with Gasteiger partial charge >= 0.3 is 0 Å². The Hall–Kier alpha value is -6.80. The van der Waals surface area contributed by atoms with Crippen LogP contribution in [-0.2, 0) is 5.41 Å². The topological polar surface area (TPSA) is 0 Å². The van der Waals surface area contributed by atoms with E-state index in [2.05, 4.69) is 216 Å². The fraction of sp³-hybridized carbons (Fsp3) is 0.0847. The summed E-state index contributed by atoms with van der Waals surface area (Å²) in [6.45, 7) is 13.5. The molecular weight excluding hydrogens is 741 g/mol. The molecule has 1 heterocycles. The monoisotopic (exact) mass is 784 g/mol. The van der Waals surface area contributed by atoms with Crippen LogP contribution in [0.4, 0.5) is 0 Å². The van der Waals surface area contributed by atoms with Gasteiger partial charge in [0, 0.05) is 25.6 Å². The largest absolute Gasteiger partial charge is 0.135 e. The maximum Gasteiger partial charge on any atom is 0.0433 e. The summed E-state index contributed by atoms with van der Waals surface area (Å²) in [5, 5.41) is 15.5. The van der Waals surface area contributed by atoms with Crippen LogP contribution in [0.2, 0.25) is 0 Å². The predicted molar refractivity (Wildman–Crippen MR) is 266 cm³/mol. The van der Waals surface area contributed by atoms with Crippen LogP contribution in [-0.4, -0.2) is 0 Å². The molecule has 0 atom stereocenters. The molecule has 0 aliphatic rings. The third kappa shape index (κ3) is 5.64. The highest BCUT2D eigenvalue weighted by Gasteiger charge is 2.24. The molecule has 11 aromatic rings. The number of allylic oxidation sites excluding steroid dienone is 2. The van der Waals surface area contributed by atoms with Crippen LogP contribution in [0, 0.1) is 6.92 Å². The molecule has 1 aromatic heterocycles. The lowest BCUT2D eigenvalue weighted by atomic mass is 9.77. The lowest BCUT2D eigenvalue weighted by Crippen LogP contribution is -2.15. The molecule has 0 N–H and O–H groups in total. The van der Waals surface area contributed by atoms with E-state index in [0.29, 0.717) is 0 Å². The van der Waals surface area contributed by atoms with Gasteiger partial charge in [0.05, 0.1) is 0 Å². The van der Waals surface area contributed by atoms with Gasteiger partial charge < -0.3 is 0 Å². The van der Waals surface area contributed by atoms with Gasteiger partial charge in [0.2, 0.25) is 0 Å². The highest BCUT2D eigenvalue weighted by atomic mass is 32.1. The Morgan fingerprint density at radius 3 is 1.75 bits per heavy atom. The van der Waals surface area contributed by atoms with Crippen LogP contribution >= 0.6 is 11.3 Å². The van der Waals surface area contributed by atoms with Crippen LogP contribution in [0.25, 0.3) is 108 Å². The number of rotatable bonds is 6. The maximum atomic E-state index is 4.36. The zero-order valence-corrected chi connectivity index (χ0v) is 35.3. The minimum Gasteiger partial charge on any atom is -0.135 e. The van der Waals surface area contributed by atoms with Gasteiger partial charge in [0.25, 0.3) is 0 Å². The van der Waals surface area contributed by atoms with E-state index in [4.69, 9.17) is 0 Å². The van der Waals surface area contributed by atoms with E-state index in [0.717, 1.165) is 0 Å². The molecule has 0 spiro atoms. The fourth-order valence-electron chi connectivity index (χ4n) is 9.82. The molecule has 0 fully saturated rings. The first-order chi connectivity index (χ1) is 29.3. The summed E-state index contributed by atoms with van der Waals surface area (Å²) in [6, 6.07) is 63.3. The van der Waals surface area contributed by atoms with Gasteiger partial charge in [-0.3, -0.25) is 0 Å². The molecule has 0 nitrogen and oxygen atoms in total. The Morgan fingerprint density at radius 1 is 0.483 bits per heavy atom. The second-order valence-corrected chi connectivity index (χ2v) is 18.0. The zero-order valence-electron chi connectivity index (χ0n) is 34.4. The first kappa shape index (κ1) is 36.3. The Morgan fingerprint density at radius 2 is 1.02 bits per heavy atom. The molecule has 1 heteroatoms. The number of hydrogen-bond acceptors (Lipinski definition) is 1. The van der Waals surface area contributed by atoms with E-state index >= 15 is 0 Å². The average Bonchev–Trinajstić information content (AvgIpc) is 3.69. The van der Waals surface area contributed by atoms with Gasteiger partial charge in [0.15, 0.2) is 0 Å². The molecule has 0 saturated heterocycles. The number of hydrogen-bond donors (Lipinski definition) is 0. The predicted octanol–water partition coefficient (Wildman–Crippen LogP) is 17.5. The third-order valence-electron chi connectivity index (χ3n) is 13.1. The Labute approximate surface area is 355 Å². The molecule has 0 aliphatic carbocycles. The van der Waals surface area contributed by atoms with Crippen LogP contribution in [0.3, 0.4) is 0 Å². The smallest absolute Gasteiger partial charge is 0.0433 e. The second kappa shape index (κ2) is 13.9. The summed E-state index contributed by atoms with van der Waals surface area (Å²) in [5.41, 5.74) is 11.1. The molecule has 0 bridgehead atoms. The quantitative estimate of drug-likeness (QED) is 0.0895. The Kier molecular flexibility index (Phi) is 8.41. The van der Waals surface area contributed by atoms with E-state index in [1.807, 2.05) is 11.3 Å². The second-order valence-electron chi connectivity index (χ2n) is 17.0. The number of aryl methyl sites for hydroxylation is 1. The molecule has 0 radical (unpaired) electrons. The van der Waals surface area contributed by atoms with Crippen molar-refractivity contribution in [1.29, 1.82) is 0 Å². The average molecular weight is 785 g/mol. The van der Waals surface area contributed by atoms with Crippen LogP contribution in [0.5, 0.6) is 0 Å². The van der Waals surface area contributed by atoms with Crippen molar-refractivity contribution in [3.05, 3.63) is 205 Å². The van der Waals surface area contributed by atoms with Crippen LogP contribution in [0.1, 0.15) is 43.0 Å². The van der Waals surface area contributed by atoms with E-state index in [9.17, 15) is 0 Å². The normalized spacial score (nSPS) is 12.5. The summed E-state index contributed by atoms with van der Waals surface area (Å²) in [4.78, 5) is 0. The number of thiophene rings is 1. The van der Waals surface area contributed by atoms with E-state index in [1.54, 1.807) is 0 Å². The van der Waals surface area contributed by atoms with Crippen molar-refractivity contribution < 1.29 is 0 Å². The SMILES string of the molecule is C=CC(C)(C)c1cc2c3ccc(-c4cccc(-c5cccc6c5sc5ccccc56)c4)cc3c3ccccc3c2cc1/C(C)=C/c1c(C)c2ccccc2c2ccccc12. The highest BCUT2D eigenvalue weighted by Crippen LogP contribution is 2.45. The van der Waals surface area contributed by atoms with Gasteiger partial charge in [-0.1, -0.05) is 166 Å². The number of fused-ring (bicyclic) bond motifs is 12. The lowest BCUT2D eigenvalue weighted by Gasteiger charge is -2.26. The molecule has 10 aromatic carbocycles. The molecule has 0 saturated carbocycles. The van der Waals surface area contributed by atoms with E-state index < -0.39 is 0 Å². The van der Waals surface area contributed by atoms with Crippen molar-refractivity contribution >= 4 is 97.0 Å². The summed E-state index contributed by atoms with van der Waals surface area (Å²) in [6.07, 6.45) is 4.54. The Bertz CT molecular complexity index is 3610. The molecule has 0 amide bonds. The van der Waals surface area contributed by atoms with Crippen LogP contribution in [0.15, 0.2) is 183 Å². The summed E-state index contributed by atoms with van der Waals surface area (Å²) < 4.78 is 2.67. The van der Waals surface area contributed by atoms with E-state index in [1.165, 1.54) is 124 Å². The maximum absolute atomic E-state index is 4.36. The first-order valence-electron chi connectivity index (χ1n) is 21.0. The van der Waals surface area contributed by atoms with Gasteiger partial charge in [0.1, 0.15) is 0 Å². The van der Waals surface area contributed by atoms with Crippen molar-refractivity contribution in [2.45, 2.75) is 33.1 Å². The molecule has 0 aliphatic heterocycles. The van der Waals surface area contributed by atoms with Gasteiger partial charge in [-0.05, 0) is 148 Å². The summed E-state index contributed by atoms with van der Waals surface area (Å²) >= 11 is 1.89. The lowest BCUT2D eigenvalue weighted by molar-refractivity contribution is 0.671. The van der Waals surface area contributed by atoms with Gasteiger partial charge in [-0.2, -0.15) is 0 Å². The molecular formula is C59H44S. The van der Waals surface area contributed by atoms with Crippen molar-refractivity contribution in [1.82, 2.24) is 0 Å². The Balaban J connectivity index is 1.10. The van der Waals surface area contributed by atoms with Crippen LogP contribution < -0.4 is 0 Å². The molecule has 286 valence electrons. The highest BCUT2D eigenvalue weighted by molar-refractivity contribution is 7.26. The first-order valence-corrected chi connectivity index (χ1v) is 21.8. The molecule has 11 rings (SSSR count). The number of benzene rings is 10. The third-order valence-corrected chi connectivity index (χ3v) is 14.3. The fourth-order valence-corrected chi connectivity index (χ4v) is 11.1. The van der Waals surface area contributed by atoms with Crippen molar-refractivity contribution in [3.8, 4) is 22.3 Å². The minimum atomic E-state index is -0.269. The van der Waals surface area contributed by atoms with Crippen molar-refractivity contribution in [2.24, 2.45) is 0 Å². The summed E-state index contributed by atoms with van der Waals surface area (Å²) in [5.74, 6) is 0. The standard InChI is InChI=1S/C59H44S/c1-6-59(4,5)56-35-55-48-30-29-39(38-17-15-18-40(32-38)42-26-16-27-50-49-25-13-14-28-57(49)60-58(42)50)33-53(48)46-23-11-12-24-47(46)54(55)34-51(56)36(2)31-52-37(3)41-19-7-8-20-43(41)44-21-9-10-22-45(44)52/h6-35H,1H2,2-5H3/b36-31+. The van der Waals surface area contributed by atoms with Crippen molar-refractivity contribution in [3.63, 3.8) is 0 Å². The van der Waals surface area contributed by atoms with E-state index in [-0.39, 0.29) is 5.41 Å². The molecule has 60 heavy (non-hydrogen) atoms. The van der Waals surface area contributed by atoms with Gasteiger partial charge in [-0.25, -0.2) is 0 Å². The van der Waals surface area contributed by atoms with Gasteiger partial charge in [-0.15, -0.1) is 17.9 Å². The zero-order chi connectivity index (χ0) is 40.7. The summed E-state index contributed by atoms with van der Waals surface area (Å²) in [7, 11) is 0. The van der Waals surface area contributed by atoms with Crippen molar-refractivity contribution in [2.75, 3.05) is 0 Å².